The molecule has 0 unspecified atom stereocenters. The molecule has 0 aliphatic carbocycles. The second-order valence-corrected chi connectivity index (χ2v) is 5.23. The summed E-state index contributed by atoms with van der Waals surface area (Å²) in [4.78, 5) is 14.9. The van der Waals surface area contributed by atoms with E-state index in [0.29, 0.717) is 31.7 Å². The molecule has 21 heavy (non-hydrogen) atoms. The van der Waals surface area contributed by atoms with Gasteiger partial charge in [0.2, 0.25) is 17.2 Å². The smallest absolute Gasteiger partial charge is 0.231 e. The summed E-state index contributed by atoms with van der Waals surface area (Å²) in [5, 5.41) is 3.34. The van der Waals surface area contributed by atoms with Gasteiger partial charge >= 0.3 is 0 Å². The Kier molecular flexibility index (Phi) is 6.69. The third-order valence-electron chi connectivity index (χ3n) is 3.23. The minimum absolute atomic E-state index is 0.223. The van der Waals surface area contributed by atoms with Crippen molar-refractivity contribution >= 4 is 23.5 Å². The van der Waals surface area contributed by atoms with Crippen LogP contribution in [0.4, 0.5) is 11.9 Å². The molecule has 1 N–H and O–H groups in total. The van der Waals surface area contributed by atoms with Gasteiger partial charge in [0.25, 0.3) is 0 Å². The third-order valence-corrected chi connectivity index (χ3v) is 3.40. The molecule has 1 aliphatic heterocycles. The van der Waals surface area contributed by atoms with Crippen LogP contribution in [-0.4, -0.2) is 47.8 Å². The van der Waals surface area contributed by atoms with E-state index in [1.54, 1.807) is 0 Å². The molecule has 2 rings (SSSR count). The monoisotopic (exact) mass is 311 g/mol. The van der Waals surface area contributed by atoms with Crippen molar-refractivity contribution < 1.29 is 4.74 Å². The van der Waals surface area contributed by atoms with Crippen LogP contribution < -0.4 is 10.2 Å². The molecule has 0 saturated carbocycles. The van der Waals surface area contributed by atoms with Crippen LogP contribution in [0, 0.1) is 0 Å². The van der Waals surface area contributed by atoms with Crippen LogP contribution in [0.25, 0.3) is 0 Å². The lowest BCUT2D eigenvalue weighted by molar-refractivity contribution is 0.149. The van der Waals surface area contributed by atoms with E-state index >= 15 is 0 Å². The molecule has 1 aliphatic rings. The van der Waals surface area contributed by atoms with E-state index < -0.39 is 0 Å². The molecule has 0 radical (unpaired) electrons. The highest BCUT2D eigenvalue weighted by Gasteiger charge is 2.15. The van der Waals surface area contributed by atoms with Gasteiger partial charge in [-0.1, -0.05) is 6.08 Å². The maximum atomic E-state index is 5.98. The van der Waals surface area contributed by atoms with Gasteiger partial charge in [0, 0.05) is 19.6 Å². The van der Waals surface area contributed by atoms with Crippen molar-refractivity contribution in [3.05, 3.63) is 17.9 Å². The molecule has 6 nitrogen and oxygen atoms in total. The number of halogens is 1. The first-order valence-electron chi connectivity index (χ1n) is 7.38. The van der Waals surface area contributed by atoms with Crippen LogP contribution in [-0.2, 0) is 4.74 Å². The summed E-state index contributed by atoms with van der Waals surface area (Å²) in [6.45, 7) is 7.51. The summed E-state index contributed by atoms with van der Waals surface area (Å²) >= 11 is 5.98. The number of hydrogen-bond acceptors (Lipinski definition) is 6. The van der Waals surface area contributed by atoms with Crippen LogP contribution in [0.3, 0.4) is 0 Å². The fraction of sp³-hybridized carbons (Fsp3) is 0.643. The molecule has 1 aromatic heterocycles. The summed E-state index contributed by atoms with van der Waals surface area (Å²) in [5.41, 5.74) is 0. The summed E-state index contributed by atoms with van der Waals surface area (Å²) in [7, 11) is 0. The lowest BCUT2D eigenvalue weighted by atomic mass is 10.1. The number of aromatic nitrogens is 3. The molecule has 0 bridgehead atoms. The Morgan fingerprint density at radius 2 is 2.00 bits per heavy atom. The van der Waals surface area contributed by atoms with E-state index in [9.17, 15) is 0 Å². The number of nitrogens with zero attached hydrogens (tertiary/aromatic N) is 4. The predicted octanol–water partition coefficient (Wildman–Crippen LogP) is 2.52. The summed E-state index contributed by atoms with van der Waals surface area (Å²) in [6.07, 6.45) is 6.30. The van der Waals surface area contributed by atoms with Gasteiger partial charge in [0.05, 0.1) is 13.2 Å². The molecule has 2 heterocycles. The highest BCUT2D eigenvalue weighted by Crippen LogP contribution is 2.18. The Labute approximate surface area is 130 Å². The quantitative estimate of drug-likeness (QED) is 0.588. The van der Waals surface area contributed by atoms with E-state index in [0.717, 1.165) is 19.5 Å². The summed E-state index contributed by atoms with van der Waals surface area (Å²) in [5.74, 6) is 1.16. The molecule has 0 aromatic carbocycles. The van der Waals surface area contributed by atoms with Gasteiger partial charge < -0.3 is 15.0 Å². The Morgan fingerprint density at radius 1 is 1.19 bits per heavy atom. The number of hydrogen-bond donors (Lipinski definition) is 1. The largest absolute Gasteiger partial charge is 0.379 e. The number of ether oxygens (including phenoxy) is 1. The van der Waals surface area contributed by atoms with E-state index in [1.165, 1.54) is 19.3 Å². The number of nitrogens with one attached hydrogen (secondary N) is 1. The van der Waals surface area contributed by atoms with E-state index in [1.807, 2.05) is 6.08 Å². The molecule has 116 valence electrons. The highest BCUT2D eigenvalue weighted by atomic mass is 35.5. The standard InChI is InChI=1S/C14H22ClN5O/c1-2-3-10-21-11-7-16-13-17-12(15)18-14(19-13)20-8-5-4-6-9-20/h2H,1,3-11H2,(H,16,17,18,19). The van der Waals surface area contributed by atoms with Crippen LogP contribution in [0.1, 0.15) is 25.7 Å². The first kappa shape index (κ1) is 16.0. The zero-order valence-electron chi connectivity index (χ0n) is 12.2. The topological polar surface area (TPSA) is 63.2 Å². The van der Waals surface area contributed by atoms with E-state index in [4.69, 9.17) is 16.3 Å². The van der Waals surface area contributed by atoms with Crippen LogP contribution in [0.5, 0.6) is 0 Å². The van der Waals surface area contributed by atoms with Crippen molar-refractivity contribution in [2.24, 2.45) is 0 Å². The van der Waals surface area contributed by atoms with Gasteiger partial charge in [-0.05, 0) is 37.3 Å². The van der Waals surface area contributed by atoms with Crippen molar-refractivity contribution in [2.75, 3.05) is 43.1 Å². The average molecular weight is 312 g/mol. The van der Waals surface area contributed by atoms with E-state index in [2.05, 4.69) is 31.7 Å². The van der Waals surface area contributed by atoms with Crippen LogP contribution >= 0.6 is 11.6 Å². The lowest BCUT2D eigenvalue weighted by Crippen LogP contribution is -2.31. The second kappa shape index (κ2) is 8.79. The highest BCUT2D eigenvalue weighted by molar-refractivity contribution is 6.28. The number of anilines is 2. The van der Waals surface area contributed by atoms with Gasteiger partial charge in [-0.2, -0.15) is 15.0 Å². The van der Waals surface area contributed by atoms with Crippen molar-refractivity contribution in [1.29, 1.82) is 0 Å². The first-order valence-corrected chi connectivity index (χ1v) is 7.76. The van der Waals surface area contributed by atoms with Gasteiger partial charge in [-0.25, -0.2) is 0 Å². The summed E-state index contributed by atoms with van der Waals surface area (Å²) in [6, 6.07) is 0. The Balaban J connectivity index is 1.84. The molecule has 1 aromatic rings. The van der Waals surface area contributed by atoms with Gasteiger partial charge in [0.1, 0.15) is 0 Å². The molecule has 1 saturated heterocycles. The van der Waals surface area contributed by atoms with E-state index in [-0.39, 0.29) is 5.28 Å². The predicted molar refractivity (Wildman–Crippen MR) is 85.0 cm³/mol. The minimum Gasteiger partial charge on any atom is -0.379 e. The zero-order valence-corrected chi connectivity index (χ0v) is 13.0. The van der Waals surface area contributed by atoms with Crippen molar-refractivity contribution in [3.8, 4) is 0 Å². The Bertz CT molecular complexity index is 451. The maximum absolute atomic E-state index is 5.98. The van der Waals surface area contributed by atoms with Crippen LogP contribution in [0.15, 0.2) is 12.7 Å². The molecular weight excluding hydrogens is 290 g/mol. The average Bonchev–Trinajstić information content (AvgIpc) is 2.51. The second-order valence-electron chi connectivity index (χ2n) is 4.89. The SMILES string of the molecule is C=CCCOCCNc1nc(Cl)nc(N2CCCCC2)n1. The minimum atomic E-state index is 0.223. The third kappa shape index (κ3) is 5.47. The zero-order chi connectivity index (χ0) is 14.9. The fourth-order valence-corrected chi connectivity index (χ4v) is 2.31. The van der Waals surface area contributed by atoms with Crippen molar-refractivity contribution in [1.82, 2.24) is 15.0 Å². The lowest BCUT2D eigenvalue weighted by Gasteiger charge is -2.26. The van der Waals surface area contributed by atoms with Gasteiger partial charge in [0.15, 0.2) is 0 Å². The molecule has 0 spiro atoms. The van der Waals surface area contributed by atoms with Crippen molar-refractivity contribution in [2.45, 2.75) is 25.7 Å². The Hall–Kier alpha value is -1.40. The van der Waals surface area contributed by atoms with Gasteiger partial charge in [-0.15, -0.1) is 6.58 Å². The first-order chi connectivity index (χ1) is 10.3. The van der Waals surface area contributed by atoms with Gasteiger partial charge in [-0.3, -0.25) is 0 Å². The normalized spacial score (nSPS) is 15.0. The van der Waals surface area contributed by atoms with Crippen molar-refractivity contribution in [3.63, 3.8) is 0 Å². The molecular formula is C14H22ClN5O. The summed E-state index contributed by atoms with van der Waals surface area (Å²) < 4.78 is 5.42. The van der Waals surface area contributed by atoms with Crippen LogP contribution in [0.2, 0.25) is 5.28 Å². The molecule has 1 fully saturated rings. The number of piperidine rings is 1. The molecule has 0 atom stereocenters. The maximum Gasteiger partial charge on any atom is 0.231 e. The number of rotatable bonds is 8. The fourth-order valence-electron chi connectivity index (χ4n) is 2.16. The Morgan fingerprint density at radius 3 is 2.76 bits per heavy atom. The molecule has 0 amide bonds. The molecule has 7 heteroatoms.